The summed E-state index contributed by atoms with van der Waals surface area (Å²) in [6.07, 6.45) is 3.57. The van der Waals surface area contributed by atoms with Crippen LogP contribution in [0.2, 0.25) is 0 Å². The van der Waals surface area contributed by atoms with Gasteiger partial charge in [-0.15, -0.1) is 0 Å². The van der Waals surface area contributed by atoms with Crippen LogP contribution in [0, 0.1) is 10.6 Å². The number of fused-ring (bicyclic) bond motifs is 1. The number of carbonyl (C=O) groups is 1. The molecule has 0 saturated heterocycles. The summed E-state index contributed by atoms with van der Waals surface area (Å²) >= 11 is 5.03. The summed E-state index contributed by atoms with van der Waals surface area (Å²) in [5, 5.41) is 6.97. The maximum absolute atomic E-state index is 13.8. The highest BCUT2D eigenvalue weighted by atomic mass is 32.1. The number of aromatic nitrogens is 4. The second-order valence-corrected chi connectivity index (χ2v) is 6.22. The van der Waals surface area contributed by atoms with Crippen molar-refractivity contribution >= 4 is 34.8 Å². The van der Waals surface area contributed by atoms with E-state index >= 15 is 0 Å². The Morgan fingerprint density at radius 3 is 2.92 bits per heavy atom. The number of nitrogens with one attached hydrogen (secondary N) is 3. The van der Waals surface area contributed by atoms with E-state index in [4.69, 9.17) is 12.2 Å². The zero-order valence-corrected chi connectivity index (χ0v) is 14.3. The molecular formula is C18H14FN5OS. The summed E-state index contributed by atoms with van der Waals surface area (Å²) in [4.78, 5) is 18.4. The number of hydrogen-bond donors (Lipinski definition) is 3. The molecule has 8 heteroatoms. The number of rotatable bonds is 4. The molecule has 6 nitrogen and oxygen atoms in total. The largest absolute Gasteiger partial charge is 0.331 e. The van der Waals surface area contributed by atoms with Gasteiger partial charge in [-0.05, 0) is 48.1 Å². The van der Waals surface area contributed by atoms with E-state index in [-0.39, 0.29) is 5.56 Å². The summed E-state index contributed by atoms with van der Waals surface area (Å²) in [6.45, 7) is 0.589. The Morgan fingerprint density at radius 2 is 2.12 bits per heavy atom. The van der Waals surface area contributed by atoms with Crippen molar-refractivity contribution in [2.75, 3.05) is 5.32 Å². The van der Waals surface area contributed by atoms with E-state index in [2.05, 4.69) is 20.4 Å². The van der Waals surface area contributed by atoms with Crippen molar-refractivity contribution in [1.82, 2.24) is 19.7 Å². The van der Waals surface area contributed by atoms with Gasteiger partial charge in [0, 0.05) is 18.1 Å². The number of carbonyl (C=O) groups excluding carboxylic acids is 1. The molecule has 26 heavy (non-hydrogen) atoms. The Kier molecular flexibility index (Phi) is 4.10. The minimum Gasteiger partial charge on any atom is -0.331 e. The second kappa shape index (κ2) is 6.57. The van der Waals surface area contributed by atoms with Gasteiger partial charge in [-0.25, -0.2) is 4.39 Å². The van der Waals surface area contributed by atoms with Crippen molar-refractivity contribution in [1.29, 1.82) is 0 Å². The maximum Gasteiger partial charge on any atom is 0.257 e. The van der Waals surface area contributed by atoms with Gasteiger partial charge >= 0.3 is 0 Å². The van der Waals surface area contributed by atoms with Crippen LogP contribution in [-0.4, -0.2) is 25.7 Å². The number of anilines is 1. The fourth-order valence-electron chi connectivity index (χ4n) is 2.81. The van der Waals surface area contributed by atoms with Crippen molar-refractivity contribution in [2.45, 2.75) is 6.54 Å². The highest BCUT2D eigenvalue weighted by Gasteiger charge is 2.14. The molecule has 130 valence electrons. The standard InChI is InChI=1S/C18H14FN5OS/c19-12-8-14(16-15(9-12)22-18(26)23-16)17(25)21-13-4-1-3-11(7-13)10-24-6-2-5-20-24/h1-9H,10H2,(H,21,25)(H2,22,23,26). The molecule has 0 atom stereocenters. The number of nitrogens with zero attached hydrogens (tertiary/aromatic N) is 2. The molecule has 2 heterocycles. The molecule has 0 aliphatic rings. The molecule has 0 bridgehead atoms. The number of H-pyrrole nitrogens is 2. The Hall–Kier alpha value is -3.26. The van der Waals surface area contributed by atoms with Gasteiger partial charge in [-0.1, -0.05) is 12.1 Å². The van der Waals surface area contributed by atoms with Crippen molar-refractivity contribution < 1.29 is 9.18 Å². The van der Waals surface area contributed by atoms with Crippen molar-refractivity contribution in [3.8, 4) is 0 Å². The molecule has 4 aromatic rings. The fraction of sp³-hybridized carbons (Fsp3) is 0.0556. The van der Waals surface area contributed by atoms with Crippen LogP contribution in [0.25, 0.3) is 11.0 Å². The number of amides is 1. The average Bonchev–Trinajstić information content (AvgIpc) is 3.23. The van der Waals surface area contributed by atoms with Gasteiger partial charge in [-0.2, -0.15) is 5.10 Å². The van der Waals surface area contributed by atoms with Crippen molar-refractivity contribution in [3.05, 3.63) is 76.6 Å². The van der Waals surface area contributed by atoms with Crippen LogP contribution in [-0.2, 0) is 6.54 Å². The van der Waals surface area contributed by atoms with E-state index in [9.17, 15) is 9.18 Å². The van der Waals surface area contributed by atoms with Gasteiger partial charge in [0.05, 0.1) is 23.1 Å². The van der Waals surface area contributed by atoms with Gasteiger partial charge in [0.15, 0.2) is 4.77 Å². The van der Waals surface area contributed by atoms with Crippen LogP contribution >= 0.6 is 12.2 Å². The summed E-state index contributed by atoms with van der Waals surface area (Å²) in [7, 11) is 0. The third-order valence-corrected chi connectivity index (χ3v) is 4.13. The number of aromatic amines is 2. The maximum atomic E-state index is 13.8. The monoisotopic (exact) mass is 367 g/mol. The molecule has 2 aromatic heterocycles. The molecule has 0 saturated carbocycles. The summed E-state index contributed by atoms with van der Waals surface area (Å²) in [5.74, 6) is -0.934. The predicted octanol–water partition coefficient (Wildman–Crippen LogP) is 3.86. The third-order valence-electron chi connectivity index (χ3n) is 3.92. The molecular weight excluding hydrogens is 353 g/mol. The van der Waals surface area contributed by atoms with E-state index < -0.39 is 11.7 Å². The zero-order chi connectivity index (χ0) is 18.1. The van der Waals surface area contributed by atoms with Crippen molar-refractivity contribution in [3.63, 3.8) is 0 Å². The van der Waals surface area contributed by atoms with Gasteiger partial charge in [0.25, 0.3) is 5.91 Å². The Bertz CT molecular complexity index is 1150. The van der Waals surface area contributed by atoms with Crippen LogP contribution in [0.5, 0.6) is 0 Å². The smallest absolute Gasteiger partial charge is 0.257 e. The lowest BCUT2D eigenvalue weighted by molar-refractivity contribution is 0.102. The molecule has 0 unspecified atom stereocenters. The first kappa shape index (κ1) is 16.2. The molecule has 0 fully saturated rings. The molecule has 1 amide bonds. The summed E-state index contributed by atoms with van der Waals surface area (Å²) in [5.41, 5.74) is 2.71. The average molecular weight is 367 g/mol. The molecule has 0 radical (unpaired) electrons. The molecule has 3 N–H and O–H groups in total. The molecule has 0 aliphatic carbocycles. The molecule has 4 rings (SSSR count). The second-order valence-electron chi connectivity index (χ2n) is 5.81. The summed E-state index contributed by atoms with van der Waals surface area (Å²) < 4.78 is 15.9. The van der Waals surface area contributed by atoms with Crippen molar-refractivity contribution in [2.24, 2.45) is 0 Å². The van der Waals surface area contributed by atoms with E-state index in [1.54, 1.807) is 16.9 Å². The van der Waals surface area contributed by atoms with E-state index in [1.807, 2.05) is 30.5 Å². The minimum absolute atomic E-state index is 0.185. The lowest BCUT2D eigenvalue weighted by Crippen LogP contribution is -2.13. The minimum atomic E-state index is -0.514. The van der Waals surface area contributed by atoms with Crippen LogP contribution in [0.4, 0.5) is 10.1 Å². The van der Waals surface area contributed by atoms with Crippen LogP contribution < -0.4 is 5.32 Å². The Morgan fingerprint density at radius 1 is 1.23 bits per heavy atom. The van der Waals surface area contributed by atoms with Crippen LogP contribution in [0.1, 0.15) is 15.9 Å². The van der Waals surface area contributed by atoms with Gasteiger partial charge < -0.3 is 15.3 Å². The topological polar surface area (TPSA) is 78.5 Å². The number of benzene rings is 2. The zero-order valence-electron chi connectivity index (χ0n) is 13.5. The van der Waals surface area contributed by atoms with Gasteiger partial charge in [0.1, 0.15) is 5.82 Å². The third kappa shape index (κ3) is 3.27. The highest BCUT2D eigenvalue weighted by Crippen LogP contribution is 2.20. The molecule has 0 spiro atoms. The van der Waals surface area contributed by atoms with Gasteiger partial charge in [0.2, 0.25) is 0 Å². The Balaban J connectivity index is 1.62. The lowest BCUT2D eigenvalue weighted by atomic mass is 10.1. The first-order valence-corrected chi connectivity index (χ1v) is 8.28. The predicted molar refractivity (Wildman–Crippen MR) is 99.2 cm³/mol. The van der Waals surface area contributed by atoms with E-state index in [0.717, 1.165) is 5.56 Å². The molecule has 0 aliphatic heterocycles. The number of halogens is 1. The SMILES string of the molecule is O=C(Nc1cccc(Cn2cccn2)c1)c1cc(F)cc2[nH]c(=S)[nH]c12. The van der Waals surface area contributed by atoms with E-state index in [0.29, 0.717) is 28.0 Å². The summed E-state index contributed by atoms with van der Waals surface area (Å²) in [6, 6.07) is 11.8. The van der Waals surface area contributed by atoms with Crippen LogP contribution in [0.3, 0.4) is 0 Å². The molecule has 2 aromatic carbocycles. The first-order chi connectivity index (χ1) is 12.6. The van der Waals surface area contributed by atoms with E-state index in [1.165, 1.54) is 12.1 Å². The highest BCUT2D eigenvalue weighted by molar-refractivity contribution is 7.71. The lowest BCUT2D eigenvalue weighted by Gasteiger charge is -2.09. The fourth-order valence-corrected chi connectivity index (χ4v) is 3.03. The Labute approximate surface area is 152 Å². The number of hydrogen-bond acceptors (Lipinski definition) is 3. The quantitative estimate of drug-likeness (QED) is 0.479. The normalized spacial score (nSPS) is 11.0. The first-order valence-electron chi connectivity index (χ1n) is 7.88. The van der Waals surface area contributed by atoms with Gasteiger partial charge in [-0.3, -0.25) is 9.48 Å². The number of imidazole rings is 1. The van der Waals surface area contributed by atoms with Crippen LogP contribution in [0.15, 0.2) is 54.9 Å².